The second kappa shape index (κ2) is 6.32. The Kier molecular flexibility index (Phi) is 4.23. The van der Waals surface area contributed by atoms with Crippen LogP contribution in [0.3, 0.4) is 0 Å². The Balaban J connectivity index is 1.70. The summed E-state index contributed by atoms with van der Waals surface area (Å²) in [6.07, 6.45) is 4.28. The van der Waals surface area contributed by atoms with Gasteiger partial charge in [0.15, 0.2) is 0 Å². The molecule has 0 saturated heterocycles. The van der Waals surface area contributed by atoms with E-state index in [9.17, 15) is 9.59 Å². The highest BCUT2D eigenvalue weighted by Gasteiger charge is 2.25. The second-order valence-corrected chi connectivity index (χ2v) is 6.27. The molecule has 0 aromatic carbocycles. The van der Waals surface area contributed by atoms with Gasteiger partial charge < -0.3 is 9.47 Å². The number of hydrogen-bond donors (Lipinski definition) is 0. The van der Waals surface area contributed by atoms with Crippen molar-refractivity contribution in [2.75, 3.05) is 0 Å². The van der Waals surface area contributed by atoms with E-state index in [0.717, 1.165) is 23.5 Å². The zero-order valence-electron chi connectivity index (χ0n) is 13.4. The van der Waals surface area contributed by atoms with Gasteiger partial charge in [-0.3, -0.25) is 9.59 Å². The lowest BCUT2D eigenvalue weighted by atomic mass is 10.1. The van der Waals surface area contributed by atoms with Crippen LogP contribution in [0.5, 0.6) is 0 Å². The first kappa shape index (κ1) is 15.4. The second-order valence-electron chi connectivity index (χ2n) is 6.27. The number of nitrogens with zero attached hydrogens (tertiary/aromatic N) is 4. The van der Waals surface area contributed by atoms with Gasteiger partial charge in [-0.05, 0) is 12.0 Å². The SMILES string of the molecule is CC(C)Cc1ncc2c(n1)CN(C(=O)Cn1ccccc1=O)C2. The normalized spacial score (nSPS) is 13.4. The molecular formula is C17H20N4O2. The first-order valence-electron chi connectivity index (χ1n) is 7.80. The van der Waals surface area contributed by atoms with Crippen molar-refractivity contribution in [3.05, 3.63) is 58.0 Å². The maximum absolute atomic E-state index is 12.4. The van der Waals surface area contributed by atoms with Gasteiger partial charge in [0.05, 0.1) is 12.2 Å². The molecule has 0 N–H and O–H groups in total. The molecule has 1 aliphatic rings. The van der Waals surface area contributed by atoms with Crippen LogP contribution < -0.4 is 5.56 Å². The Bertz CT molecular complexity index is 782. The summed E-state index contributed by atoms with van der Waals surface area (Å²) < 4.78 is 1.42. The molecule has 23 heavy (non-hydrogen) atoms. The molecule has 6 heteroatoms. The molecule has 0 atom stereocenters. The molecule has 2 aromatic rings. The van der Waals surface area contributed by atoms with E-state index in [1.54, 1.807) is 23.2 Å². The maximum atomic E-state index is 12.4. The van der Waals surface area contributed by atoms with Gasteiger partial charge in [-0.15, -0.1) is 0 Å². The van der Waals surface area contributed by atoms with Crippen LogP contribution in [0.2, 0.25) is 0 Å². The standard InChI is InChI=1S/C17H20N4O2/c1-12(2)7-15-18-8-13-9-21(10-14(13)19-15)17(23)11-20-6-4-3-5-16(20)22/h3-6,8,12H,7,9-11H2,1-2H3. The fourth-order valence-electron chi connectivity index (χ4n) is 2.67. The van der Waals surface area contributed by atoms with Gasteiger partial charge in [0, 0.05) is 37.0 Å². The van der Waals surface area contributed by atoms with Crippen molar-refractivity contribution in [2.45, 2.75) is 39.9 Å². The third kappa shape index (κ3) is 3.47. The van der Waals surface area contributed by atoms with Crippen LogP contribution in [-0.4, -0.2) is 25.3 Å². The van der Waals surface area contributed by atoms with Crippen molar-refractivity contribution in [1.29, 1.82) is 0 Å². The molecule has 0 radical (unpaired) electrons. The number of aromatic nitrogens is 3. The van der Waals surface area contributed by atoms with E-state index >= 15 is 0 Å². The Hall–Kier alpha value is -2.50. The van der Waals surface area contributed by atoms with Crippen molar-refractivity contribution in [3.63, 3.8) is 0 Å². The van der Waals surface area contributed by atoms with Gasteiger partial charge in [0.25, 0.3) is 5.56 Å². The van der Waals surface area contributed by atoms with Crippen LogP contribution in [0.1, 0.15) is 30.9 Å². The lowest BCUT2D eigenvalue weighted by Gasteiger charge is -2.15. The summed E-state index contributed by atoms with van der Waals surface area (Å²) in [5, 5.41) is 0. The van der Waals surface area contributed by atoms with E-state index < -0.39 is 0 Å². The molecular weight excluding hydrogens is 292 g/mol. The van der Waals surface area contributed by atoms with Crippen molar-refractivity contribution in [2.24, 2.45) is 5.92 Å². The smallest absolute Gasteiger partial charge is 0.250 e. The first-order chi connectivity index (χ1) is 11.0. The van der Waals surface area contributed by atoms with E-state index in [4.69, 9.17) is 0 Å². The van der Waals surface area contributed by atoms with Gasteiger partial charge in [-0.25, -0.2) is 9.97 Å². The van der Waals surface area contributed by atoms with Crippen LogP contribution >= 0.6 is 0 Å². The summed E-state index contributed by atoms with van der Waals surface area (Å²) in [4.78, 5) is 34.8. The molecule has 2 aromatic heterocycles. The third-order valence-electron chi connectivity index (χ3n) is 3.85. The Morgan fingerprint density at radius 2 is 2.13 bits per heavy atom. The van der Waals surface area contributed by atoms with Gasteiger partial charge in [0.1, 0.15) is 12.4 Å². The molecule has 120 valence electrons. The Morgan fingerprint density at radius 1 is 1.30 bits per heavy atom. The minimum Gasteiger partial charge on any atom is -0.331 e. The average Bonchev–Trinajstić information content (AvgIpc) is 2.92. The molecule has 3 heterocycles. The van der Waals surface area contributed by atoms with Gasteiger partial charge in [-0.2, -0.15) is 0 Å². The summed E-state index contributed by atoms with van der Waals surface area (Å²) in [6.45, 7) is 5.31. The van der Waals surface area contributed by atoms with Crippen molar-refractivity contribution in [3.8, 4) is 0 Å². The fraction of sp³-hybridized carbons (Fsp3) is 0.412. The Morgan fingerprint density at radius 3 is 2.87 bits per heavy atom. The molecule has 6 nitrogen and oxygen atoms in total. The largest absolute Gasteiger partial charge is 0.331 e. The topological polar surface area (TPSA) is 68.1 Å². The van der Waals surface area contributed by atoms with E-state index in [1.807, 2.05) is 6.20 Å². The van der Waals surface area contributed by atoms with E-state index in [1.165, 1.54) is 10.6 Å². The van der Waals surface area contributed by atoms with Crippen molar-refractivity contribution >= 4 is 5.91 Å². The number of rotatable bonds is 4. The number of pyridine rings is 1. The molecule has 1 amide bonds. The number of amides is 1. The van der Waals surface area contributed by atoms with Crippen LogP contribution in [0.15, 0.2) is 35.4 Å². The molecule has 0 bridgehead atoms. The molecule has 0 unspecified atom stereocenters. The lowest BCUT2D eigenvalue weighted by molar-refractivity contribution is -0.132. The van der Waals surface area contributed by atoms with E-state index in [2.05, 4.69) is 23.8 Å². The summed E-state index contributed by atoms with van der Waals surface area (Å²) in [6, 6.07) is 4.87. The zero-order valence-corrected chi connectivity index (χ0v) is 13.4. The predicted octanol–water partition coefficient (Wildman–Crippen LogP) is 1.38. The van der Waals surface area contributed by atoms with Crippen LogP contribution in [0.4, 0.5) is 0 Å². The summed E-state index contributed by atoms with van der Waals surface area (Å²) in [7, 11) is 0. The van der Waals surface area contributed by atoms with Crippen LogP contribution in [-0.2, 0) is 30.8 Å². The highest BCUT2D eigenvalue weighted by Crippen LogP contribution is 2.21. The molecule has 1 aliphatic heterocycles. The summed E-state index contributed by atoms with van der Waals surface area (Å²) >= 11 is 0. The number of hydrogen-bond acceptors (Lipinski definition) is 4. The van der Waals surface area contributed by atoms with E-state index in [0.29, 0.717) is 19.0 Å². The molecule has 3 rings (SSSR count). The highest BCUT2D eigenvalue weighted by atomic mass is 16.2. The average molecular weight is 312 g/mol. The number of fused-ring (bicyclic) bond motifs is 1. The highest BCUT2D eigenvalue weighted by molar-refractivity contribution is 5.76. The van der Waals surface area contributed by atoms with Crippen molar-refractivity contribution in [1.82, 2.24) is 19.4 Å². The predicted molar refractivity (Wildman–Crippen MR) is 85.5 cm³/mol. The molecule has 0 spiro atoms. The maximum Gasteiger partial charge on any atom is 0.250 e. The third-order valence-corrected chi connectivity index (χ3v) is 3.85. The first-order valence-corrected chi connectivity index (χ1v) is 7.80. The van der Waals surface area contributed by atoms with Crippen LogP contribution in [0, 0.1) is 5.92 Å². The summed E-state index contributed by atoms with van der Waals surface area (Å²) in [5.41, 5.74) is 1.74. The Labute approximate surface area is 134 Å². The fourth-order valence-corrected chi connectivity index (χ4v) is 2.67. The van der Waals surface area contributed by atoms with Crippen LogP contribution in [0.25, 0.3) is 0 Å². The van der Waals surface area contributed by atoms with Gasteiger partial charge >= 0.3 is 0 Å². The quantitative estimate of drug-likeness (QED) is 0.855. The van der Waals surface area contributed by atoms with E-state index in [-0.39, 0.29) is 18.0 Å². The van der Waals surface area contributed by atoms with Gasteiger partial charge in [-0.1, -0.05) is 19.9 Å². The molecule has 0 fully saturated rings. The number of carbonyl (C=O) groups is 1. The lowest BCUT2D eigenvalue weighted by Crippen LogP contribution is -2.32. The van der Waals surface area contributed by atoms with Gasteiger partial charge in [0.2, 0.25) is 5.91 Å². The minimum atomic E-state index is -0.170. The number of carbonyl (C=O) groups excluding carboxylic acids is 1. The summed E-state index contributed by atoms with van der Waals surface area (Å²) in [5.74, 6) is 1.24. The monoisotopic (exact) mass is 312 g/mol. The molecule has 0 aliphatic carbocycles. The van der Waals surface area contributed by atoms with Crippen molar-refractivity contribution < 1.29 is 4.79 Å². The molecule has 0 saturated carbocycles. The minimum absolute atomic E-state index is 0.0555. The zero-order chi connectivity index (χ0) is 16.4.